The number of aromatic amines is 2. The average molecular weight is 252 g/mol. The molecule has 0 aliphatic rings. The quantitative estimate of drug-likeness (QED) is 0.609. The lowest BCUT2D eigenvalue weighted by molar-refractivity contribution is 0.813. The van der Waals surface area contributed by atoms with Gasteiger partial charge in [-0.2, -0.15) is 0 Å². The summed E-state index contributed by atoms with van der Waals surface area (Å²) in [5, 5.41) is 0. The highest BCUT2D eigenvalue weighted by atomic mass is 32.1. The molecule has 0 bridgehead atoms. The van der Waals surface area contributed by atoms with Crippen molar-refractivity contribution in [3.63, 3.8) is 0 Å². The van der Waals surface area contributed by atoms with Crippen LogP contribution in [0.5, 0.6) is 0 Å². The molecule has 0 fully saturated rings. The molecule has 0 amide bonds. The Morgan fingerprint density at radius 3 is 2.71 bits per heavy atom. The van der Waals surface area contributed by atoms with Crippen molar-refractivity contribution in [1.82, 2.24) is 19.1 Å². The number of allylic oxidation sites excluding steroid dienone is 2. The molecule has 0 aromatic carbocycles. The number of hydrogen-bond acceptors (Lipinski definition) is 3. The van der Waals surface area contributed by atoms with E-state index in [9.17, 15) is 9.59 Å². The van der Waals surface area contributed by atoms with Crippen molar-refractivity contribution in [3.8, 4) is 0 Å². The van der Waals surface area contributed by atoms with Crippen molar-refractivity contribution in [3.05, 3.63) is 37.8 Å². The molecule has 2 aromatic heterocycles. The molecule has 17 heavy (non-hydrogen) atoms. The summed E-state index contributed by atoms with van der Waals surface area (Å²) in [7, 11) is 1.58. The second-order valence-corrected chi connectivity index (χ2v) is 4.01. The molecule has 2 N–H and O–H groups in total. The summed E-state index contributed by atoms with van der Waals surface area (Å²) in [6, 6.07) is 0. The predicted molar refractivity (Wildman–Crippen MR) is 67.8 cm³/mol. The number of nitrogens with zero attached hydrogens (tertiary/aromatic N) is 2. The van der Waals surface area contributed by atoms with Crippen molar-refractivity contribution < 1.29 is 0 Å². The van der Waals surface area contributed by atoms with Gasteiger partial charge in [-0.3, -0.25) is 14.3 Å². The lowest BCUT2D eigenvalue weighted by Crippen LogP contribution is -2.29. The molecule has 0 saturated heterocycles. The summed E-state index contributed by atoms with van der Waals surface area (Å²) in [6.45, 7) is 2.38. The first-order chi connectivity index (χ1) is 8.06. The average Bonchev–Trinajstić information content (AvgIpc) is 2.61. The van der Waals surface area contributed by atoms with Crippen LogP contribution >= 0.6 is 12.2 Å². The standard InChI is InChI=1S/C10H12N4O2S/c1-3-4-5-14-6-7(11-10(14)17)13(2)9(16)12-8(6)15/h3-4H,5H2,1-2H3,(H,11,17)(H,12,15,16)/b4-3-. The Bertz CT molecular complexity index is 759. The van der Waals surface area contributed by atoms with Gasteiger partial charge in [0, 0.05) is 13.6 Å². The predicted octanol–water partition coefficient (Wildman–Crippen LogP) is 0.662. The summed E-state index contributed by atoms with van der Waals surface area (Å²) in [5.41, 5.74) is -0.0691. The van der Waals surface area contributed by atoms with E-state index in [1.54, 1.807) is 11.6 Å². The van der Waals surface area contributed by atoms with Crippen molar-refractivity contribution in [2.75, 3.05) is 0 Å². The number of imidazole rings is 1. The van der Waals surface area contributed by atoms with Gasteiger partial charge in [0.05, 0.1) is 0 Å². The monoisotopic (exact) mass is 252 g/mol. The van der Waals surface area contributed by atoms with E-state index >= 15 is 0 Å². The van der Waals surface area contributed by atoms with Crippen LogP contribution in [-0.2, 0) is 13.6 Å². The third-order valence-corrected chi connectivity index (χ3v) is 2.89. The van der Waals surface area contributed by atoms with Crippen LogP contribution in [0.2, 0.25) is 0 Å². The second kappa shape index (κ2) is 4.17. The highest BCUT2D eigenvalue weighted by Crippen LogP contribution is 2.06. The van der Waals surface area contributed by atoms with E-state index in [1.807, 2.05) is 19.1 Å². The van der Waals surface area contributed by atoms with Gasteiger partial charge < -0.3 is 9.55 Å². The van der Waals surface area contributed by atoms with Gasteiger partial charge in [0.1, 0.15) is 5.65 Å². The van der Waals surface area contributed by atoms with Crippen LogP contribution in [-0.4, -0.2) is 19.1 Å². The van der Waals surface area contributed by atoms with Crippen LogP contribution in [0.15, 0.2) is 21.7 Å². The zero-order valence-corrected chi connectivity index (χ0v) is 10.3. The normalized spacial score (nSPS) is 11.6. The molecule has 90 valence electrons. The lowest BCUT2D eigenvalue weighted by atomic mass is 10.4. The lowest BCUT2D eigenvalue weighted by Gasteiger charge is -2.00. The van der Waals surface area contributed by atoms with Crippen LogP contribution in [0, 0.1) is 4.77 Å². The van der Waals surface area contributed by atoms with Crippen molar-refractivity contribution in [2.45, 2.75) is 13.5 Å². The fourth-order valence-corrected chi connectivity index (χ4v) is 1.92. The fourth-order valence-electron chi connectivity index (χ4n) is 1.66. The van der Waals surface area contributed by atoms with Gasteiger partial charge in [-0.15, -0.1) is 0 Å². The van der Waals surface area contributed by atoms with Gasteiger partial charge in [0.25, 0.3) is 5.56 Å². The summed E-state index contributed by atoms with van der Waals surface area (Å²) in [4.78, 5) is 28.3. The van der Waals surface area contributed by atoms with Crippen molar-refractivity contribution in [1.29, 1.82) is 0 Å². The molecule has 0 radical (unpaired) electrons. The number of rotatable bonds is 2. The van der Waals surface area contributed by atoms with Crippen LogP contribution in [0.25, 0.3) is 11.2 Å². The zero-order valence-electron chi connectivity index (χ0n) is 9.48. The van der Waals surface area contributed by atoms with Gasteiger partial charge in [0.2, 0.25) is 0 Å². The van der Waals surface area contributed by atoms with E-state index in [1.165, 1.54) is 4.57 Å². The summed E-state index contributed by atoms with van der Waals surface area (Å²) >= 11 is 5.13. The third-order valence-electron chi connectivity index (χ3n) is 2.56. The van der Waals surface area contributed by atoms with Crippen molar-refractivity contribution in [2.24, 2.45) is 7.05 Å². The minimum atomic E-state index is -0.461. The Hall–Kier alpha value is -1.89. The molecule has 0 unspecified atom stereocenters. The molecule has 0 saturated carbocycles. The zero-order chi connectivity index (χ0) is 12.6. The van der Waals surface area contributed by atoms with E-state index in [-0.39, 0.29) is 0 Å². The molecule has 2 aromatic rings. The molecular weight excluding hydrogens is 240 g/mol. The number of aryl methyl sites for hydroxylation is 1. The van der Waals surface area contributed by atoms with E-state index in [2.05, 4.69) is 9.97 Å². The molecule has 2 heterocycles. The largest absolute Gasteiger partial charge is 0.329 e. The highest BCUT2D eigenvalue weighted by molar-refractivity contribution is 7.71. The molecular formula is C10H12N4O2S. The van der Waals surface area contributed by atoms with Gasteiger partial charge in [-0.1, -0.05) is 12.2 Å². The summed E-state index contributed by atoms with van der Waals surface area (Å²) in [5.74, 6) is 0. The van der Waals surface area contributed by atoms with E-state index in [0.717, 1.165) is 0 Å². The van der Waals surface area contributed by atoms with Gasteiger partial charge in [-0.25, -0.2) is 4.79 Å². The Morgan fingerprint density at radius 1 is 1.35 bits per heavy atom. The van der Waals surface area contributed by atoms with Gasteiger partial charge in [0.15, 0.2) is 10.3 Å². The maximum absolute atomic E-state index is 11.8. The van der Waals surface area contributed by atoms with E-state index in [4.69, 9.17) is 12.2 Å². The summed E-state index contributed by atoms with van der Waals surface area (Å²) in [6.07, 6.45) is 3.75. The first kappa shape index (κ1) is 11.6. The minimum Gasteiger partial charge on any atom is -0.316 e. The van der Waals surface area contributed by atoms with Crippen LogP contribution < -0.4 is 11.2 Å². The smallest absolute Gasteiger partial charge is 0.316 e. The Morgan fingerprint density at radius 2 is 2.06 bits per heavy atom. The fraction of sp³-hybridized carbons (Fsp3) is 0.300. The Balaban J connectivity index is 2.92. The first-order valence-corrected chi connectivity index (χ1v) is 5.50. The SMILES string of the molecule is C/C=C\Cn1c(=S)[nH]c2c1c(=O)[nH]c(=O)n2C. The number of fused-ring (bicyclic) bond motifs is 1. The molecule has 0 aliphatic carbocycles. The number of nitrogens with one attached hydrogen (secondary N) is 2. The topological polar surface area (TPSA) is 75.6 Å². The van der Waals surface area contributed by atoms with Gasteiger partial charge >= 0.3 is 5.69 Å². The molecule has 7 heteroatoms. The maximum atomic E-state index is 11.8. The maximum Gasteiger partial charge on any atom is 0.329 e. The van der Waals surface area contributed by atoms with Crippen LogP contribution in [0.1, 0.15) is 6.92 Å². The van der Waals surface area contributed by atoms with Crippen molar-refractivity contribution >= 4 is 23.4 Å². The van der Waals surface area contributed by atoms with E-state index in [0.29, 0.717) is 22.5 Å². The number of H-pyrrole nitrogens is 2. The number of aromatic nitrogens is 4. The highest BCUT2D eigenvalue weighted by Gasteiger charge is 2.11. The summed E-state index contributed by atoms with van der Waals surface area (Å²) < 4.78 is 3.41. The first-order valence-electron chi connectivity index (χ1n) is 5.09. The molecule has 0 atom stereocenters. The molecule has 6 nitrogen and oxygen atoms in total. The number of hydrogen-bond donors (Lipinski definition) is 2. The van der Waals surface area contributed by atoms with E-state index < -0.39 is 11.2 Å². The Labute approximate surface area is 101 Å². The van der Waals surface area contributed by atoms with Gasteiger partial charge in [-0.05, 0) is 19.1 Å². The Kier molecular flexibility index (Phi) is 2.84. The van der Waals surface area contributed by atoms with Crippen LogP contribution in [0.3, 0.4) is 0 Å². The molecule has 0 aliphatic heterocycles. The molecule has 2 rings (SSSR count). The van der Waals surface area contributed by atoms with Crippen LogP contribution in [0.4, 0.5) is 0 Å². The third kappa shape index (κ3) is 1.78. The second-order valence-electron chi connectivity index (χ2n) is 3.63. The minimum absolute atomic E-state index is 0.384. The molecule has 0 spiro atoms.